The minimum atomic E-state index is -0.947. The van der Waals surface area contributed by atoms with Crippen LogP contribution in [0.4, 0.5) is 0 Å². The van der Waals surface area contributed by atoms with Crippen molar-refractivity contribution in [1.29, 1.82) is 0 Å². The lowest BCUT2D eigenvalue weighted by molar-refractivity contribution is -0.138. The second kappa shape index (κ2) is 6.29. The molecule has 0 amide bonds. The summed E-state index contributed by atoms with van der Waals surface area (Å²) in [5.74, 6) is -0.947. The Hall–Kier alpha value is -1.19. The Morgan fingerprint density at radius 3 is 3.00 bits per heavy atom. The Labute approximate surface area is 126 Å². The van der Waals surface area contributed by atoms with Crippen LogP contribution in [0.3, 0.4) is 0 Å². The number of thioether (sulfide) groups is 1. The molecule has 2 aliphatic heterocycles. The van der Waals surface area contributed by atoms with E-state index in [0.29, 0.717) is 10.4 Å². The number of carbonyl (C=O) groups is 1. The highest BCUT2D eigenvalue weighted by Crippen LogP contribution is 2.40. The van der Waals surface area contributed by atoms with Gasteiger partial charge in [-0.1, -0.05) is 11.8 Å². The molecule has 0 radical (unpaired) electrons. The molecular formula is C12H18N4O4S. The van der Waals surface area contributed by atoms with Gasteiger partial charge in [0.25, 0.3) is 0 Å². The first-order chi connectivity index (χ1) is 10.2. The number of hydrogen-bond acceptors (Lipinski definition) is 7. The first-order valence-corrected chi connectivity index (χ1v) is 7.91. The molecule has 0 aromatic carbocycles. The van der Waals surface area contributed by atoms with E-state index in [4.69, 9.17) is 14.6 Å². The minimum absolute atomic E-state index is 0.0841. The van der Waals surface area contributed by atoms with Crippen LogP contribution in [-0.4, -0.2) is 62.0 Å². The Kier molecular flexibility index (Phi) is 4.41. The fourth-order valence-electron chi connectivity index (χ4n) is 2.83. The normalized spacial score (nSPS) is 25.0. The number of tetrazole rings is 1. The van der Waals surface area contributed by atoms with Crippen molar-refractivity contribution in [3.8, 4) is 0 Å². The molecule has 9 heteroatoms. The van der Waals surface area contributed by atoms with Gasteiger partial charge in [-0.3, -0.25) is 4.79 Å². The van der Waals surface area contributed by atoms with Crippen LogP contribution in [0.5, 0.6) is 0 Å². The molecule has 0 saturated carbocycles. The van der Waals surface area contributed by atoms with Gasteiger partial charge in [0.15, 0.2) is 0 Å². The lowest BCUT2D eigenvalue weighted by Crippen LogP contribution is -2.45. The van der Waals surface area contributed by atoms with Crippen molar-refractivity contribution in [1.82, 2.24) is 20.2 Å². The summed E-state index contributed by atoms with van der Waals surface area (Å²) >= 11 is 1.55. The number of nitrogens with zero attached hydrogens (tertiary/aromatic N) is 4. The first kappa shape index (κ1) is 14.7. The molecule has 1 aromatic heterocycles. The third-order valence-corrected chi connectivity index (χ3v) is 5.15. The number of carboxylic acids is 1. The number of hydrogen-bond donors (Lipinski definition) is 1. The fraction of sp³-hybridized carbons (Fsp3) is 0.833. The molecule has 2 aliphatic rings. The highest BCUT2D eigenvalue weighted by molar-refractivity contribution is 7.99. The van der Waals surface area contributed by atoms with Crippen LogP contribution in [0.15, 0.2) is 5.16 Å². The molecule has 3 rings (SSSR count). The van der Waals surface area contributed by atoms with Crippen molar-refractivity contribution in [2.24, 2.45) is 0 Å². The number of rotatable bonds is 4. The highest BCUT2D eigenvalue weighted by atomic mass is 32.2. The maximum absolute atomic E-state index is 10.8. The number of aromatic nitrogens is 4. The molecule has 1 aromatic rings. The summed E-state index contributed by atoms with van der Waals surface area (Å²) in [5, 5.41) is 21.0. The zero-order chi connectivity index (χ0) is 14.7. The average molecular weight is 314 g/mol. The van der Waals surface area contributed by atoms with E-state index in [1.165, 1.54) is 4.68 Å². The van der Waals surface area contributed by atoms with Gasteiger partial charge >= 0.3 is 5.97 Å². The number of aliphatic carboxylic acids is 1. The Balaban J connectivity index is 1.64. The predicted molar refractivity (Wildman–Crippen MR) is 73.1 cm³/mol. The van der Waals surface area contributed by atoms with E-state index in [1.807, 2.05) is 0 Å². The summed E-state index contributed by atoms with van der Waals surface area (Å²) in [6, 6.07) is 0. The van der Waals surface area contributed by atoms with E-state index < -0.39 is 5.97 Å². The van der Waals surface area contributed by atoms with E-state index >= 15 is 0 Å². The standard InChI is InChI=1S/C12H18N4O4S/c17-10(18)8-16-11(13-14-15-16)21-9-1-4-20-12(7-9)2-5-19-6-3-12/h9H,1-8H2,(H,17,18). The smallest absolute Gasteiger partial charge is 0.325 e. The molecule has 3 heterocycles. The van der Waals surface area contributed by atoms with Gasteiger partial charge in [-0.15, -0.1) is 5.10 Å². The molecule has 21 heavy (non-hydrogen) atoms. The van der Waals surface area contributed by atoms with E-state index in [0.717, 1.165) is 45.5 Å². The lowest BCUT2D eigenvalue weighted by atomic mass is 9.86. The van der Waals surface area contributed by atoms with Gasteiger partial charge in [0, 0.05) is 25.1 Å². The molecule has 116 valence electrons. The lowest BCUT2D eigenvalue weighted by Gasteiger charge is -2.42. The van der Waals surface area contributed by atoms with Crippen molar-refractivity contribution in [2.75, 3.05) is 19.8 Å². The summed E-state index contributed by atoms with van der Waals surface area (Å²) in [6.07, 6.45) is 3.70. The average Bonchev–Trinajstić information content (AvgIpc) is 2.86. The van der Waals surface area contributed by atoms with Crippen molar-refractivity contribution in [3.05, 3.63) is 0 Å². The van der Waals surface area contributed by atoms with Gasteiger partial charge < -0.3 is 14.6 Å². The second-order valence-electron chi connectivity index (χ2n) is 5.39. The highest BCUT2D eigenvalue weighted by Gasteiger charge is 2.39. The molecule has 0 aliphatic carbocycles. The molecule has 2 saturated heterocycles. The van der Waals surface area contributed by atoms with Gasteiger partial charge in [0.2, 0.25) is 5.16 Å². The van der Waals surface area contributed by atoms with E-state index in [-0.39, 0.29) is 12.1 Å². The van der Waals surface area contributed by atoms with Crippen LogP contribution in [0.2, 0.25) is 0 Å². The van der Waals surface area contributed by atoms with Crippen LogP contribution < -0.4 is 0 Å². The number of ether oxygens (including phenoxy) is 2. The van der Waals surface area contributed by atoms with Gasteiger partial charge in [0.05, 0.1) is 5.60 Å². The van der Waals surface area contributed by atoms with E-state index in [2.05, 4.69) is 15.5 Å². The van der Waals surface area contributed by atoms with Crippen molar-refractivity contribution < 1.29 is 19.4 Å². The molecule has 1 N–H and O–H groups in total. The van der Waals surface area contributed by atoms with Gasteiger partial charge in [-0.2, -0.15) is 0 Å². The maximum atomic E-state index is 10.8. The van der Waals surface area contributed by atoms with Crippen LogP contribution in [0, 0.1) is 0 Å². The predicted octanol–water partition coefficient (Wildman–Crippen LogP) is 0.578. The van der Waals surface area contributed by atoms with E-state index in [1.54, 1.807) is 11.8 Å². The SMILES string of the molecule is O=C(O)Cn1nnnc1SC1CCOC2(CCOCC2)C1. The third-order valence-electron chi connectivity index (χ3n) is 3.91. The molecule has 8 nitrogen and oxygen atoms in total. The molecule has 2 fully saturated rings. The molecule has 1 unspecified atom stereocenters. The summed E-state index contributed by atoms with van der Waals surface area (Å²) < 4.78 is 12.7. The van der Waals surface area contributed by atoms with Crippen molar-refractivity contribution in [3.63, 3.8) is 0 Å². The van der Waals surface area contributed by atoms with Crippen LogP contribution in [0.1, 0.15) is 25.7 Å². The third kappa shape index (κ3) is 3.53. The van der Waals surface area contributed by atoms with Crippen molar-refractivity contribution >= 4 is 17.7 Å². The molecular weight excluding hydrogens is 296 g/mol. The topological polar surface area (TPSA) is 99.4 Å². The van der Waals surface area contributed by atoms with Crippen LogP contribution in [-0.2, 0) is 20.8 Å². The Morgan fingerprint density at radius 1 is 1.43 bits per heavy atom. The summed E-state index contributed by atoms with van der Waals surface area (Å²) in [6.45, 7) is 2.00. The zero-order valence-corrected chi connectivity index (χ0v) is 12.4. The minimum Gasteiger partial charge on any atom is -0.480 e. The summed E-state index contributed by atoms with van der Waals surface area (Å²) in [4.78, 5) is 10.8. The molecule has 1 spiro atoms. The summed E-state index contributed by atoms with van der Waals surface area (Å²) in [5.41, 5.74) is -0.0841. The quantitative estimate of drug-likeness (QED) is 0.861. The van der Waals surface area contributed by atoms with Crippen LogP contribution in [0.25, 0.3) is 0 Å². The number of carboxylic acid groups (broad SMARTS) is 1. The van der Waals surface area contributed by atoms with Crippen molar-refractivity contribution in [2.45, 2.75) is 48.2 Å². The monoisotopic (exact) mass is 314 g/mol. The Bertz CT molecular complexity index is 498. The maximum Gasteiger partial charge on any atom is 0.325 e. The first-order valence-electron chi connectivity index (χ1n) is 7.03. The van der Waals surface area contributed by atoms with Gasteiger partial charge in [-0.05, 0) is 36.1 Å². The largest absolute Gasteiger partial charge is 0.480 e. The molecule has 1 atom stereocenters. The Morgan fingerprint density at radius 2 is 2.24 bits per heavy atom. The fourth-order valence-corrected chi connectivity index (χ4v) is 4.04. The van der Waals surface area contributed by atoms with E-state index in [9.17, 15) is 4.79 Å². The van der Waals surface area contributed by atoms with Crippen LogP contribution >= 0.6 is 11.8 Å². The van der Waals surface area contributed by atoms with Gasteiger partial charge in [0.1, 0.15) is 6.54 Å². The molecule has 0 bridgehead atoms. The zero-order valence-electron chi connectivity index (χ0n) is 11.6. The van der Waals surface area contributed by atoms with Gasteiger partial charge in [-0.25, -0.2) is 4.68 Å². The second-order valence-corrected chi connectivity index (χ2v) is 6.66. The summed E-state index contributed by atoms with van der Waals surface area (Å²) in [7, 11) is 0.